The van der Waals surface area contributed by atoms with Crippen LogP contribution in [0.4, 0.5) is 0 Å². The van der Waals surface area contributed by atoms with Crippen molar-refractivity contribution in [1.82, 2.24) is 0 Å². The molecule has 0 spiro atoms. The van der Waals surface area contributed by atoms with Crippen LogP contribution in [-0.2, 0) is 9.09 Å². The molecule has 2 aliphatic rings. The molecule has 0 N–H and O–H groups in total. The summed E-state index contributed by atoms with van der Waals surface area (Å²) >= 11 is 0. The average molecular weight is 274 g/mol. The second-order valence-electron chi connectivity index (χ2n) is 5.33. The predicted molar refractivity (Wildman–Crippen MR) is 67.6 cm³/mol. The van der Waals surface area contributed by atoms with Gasteiger partial charge in [-0.15, -0.1) is 0 Å². The van der Waals surface area contributed by atoms with Crippen LogP contribution in [0.25, 0.3) is 0 Å². The van der Waals surface area contributed by atoms with E-state index in [0.29, 0.717) is 0 Å². The van der Waals surface area contributed by atoms with Crippen LogP contribution in [0.15, 0.2) is 0 Å². The zero-order valence-electron chi connectivity index (χ0n) is 11.5. The van der Waals surface area contributed by atoms with Gasteiger partial charge in [-0.25, -0.2) is 0 Å². The first-order chi connectivity index (χ1) is 8.37. The first kappa shape index (κ1) is 15.7. The topological polar surface area (TPSA) is 73.2 Å². The van der Waals surface area contributed by atoms with Gasteiger partial charge in [-0.1, -0.05) is 0 Å². The van der Waals surface area contributed by atoms with Gasteiger partial charge in [0.15, 0.2) is 0 Å². The van der Waals surface area contributed by atoms with Gasteiger partial charge in [0.25, 0.3) is 0 Å². The highest BCUT2D eigenvalue weighted by molar-refractivity contribution is 7.56. The lowest BCUT2D eigenvalue weighted by Crippen LogP contribution is -2.49. The molecular weight excluding hydrogens is 251 g/mol. The summed E-state index contributed by atoms with van der Waals surface area (Å²) in [5.41, 5.74) is 0. The maximum absolute atomic E-state index is 10.0. The molecule has 2 rings (SSSR count). The van der Waals surface area contributed by atoms with E-state index in [1.165, 1.54) is 43.8 Å². The smallest absolute Gasteiger partial charge is 0.235 e. The zero-order valence-corrected chi connectivity index (χ0v) is 12.4. The summed E-state index contributed by atoms with van der Waals surface area (Å²) in [6, 6.07) is 1.04. The minimum Gasteiger partial charge on any atom is -0.767 e. The van der Waals surface area contributed by atoms with E-state index < -0.39 is 7.60 Å². The van der Waals surface area contributed by atoms with Crippen LogP contribution in [0, 0.1) is 17.0 Å². The van der Waals surface area contributed by atoms with Gasteiger partial charge in [0.2, 0.25) is 7.60 Å². The van der Waals surface area contributed by atoms with E-state index in [1.54, 1.807) is 0 Å². The Morgan fingerprint density at radius 2 is 2.17 bits per heavy atom. The molecule has 0 aromatic carbocycles. The molecule has 1 aliphatic heterocycles. The Hall–Kier alpha value is -0.400. The Morgan fingerprint density at radius 3 is 2.39 bits per heavy atom. The third kappa shape index (κ3) is 3.80. The second-order valence-corrected chi connectivity index (χ2v) is 6.78. The first-order valence-electron chi connectivity index (χ1n) is 6.58. The van der Waals surface area contributed by atoms with Gasteiger partial charge in [-0.05, 0) is 26.7 Å². The van der Waals surface area contributed by atoms with E-state index >= 15 is 0 Å². The number of likely N-dealkylation sites (tertiary alicyclic amines) is 1. The fourth-order valence-electron chi connectivity index (χ4n) is 3.11. The van der Waals surface area contributed by atoms with E-state index in [1.807, 2.05) is 0 Å². The molecule has 6 heteroatoms. The van der Waals surface area contributed by atoms with Crippen molar-refractivity contribution in [3.05, 3.63) is 0 Å². The van der Waals surface area contributed by atoms with Crippen LogP contribution >= 0.6 is 7.60 Å². The van der Waals surface area contributed by atoms with Crippen molar-refractivity contribution in [1.29, 1.82) is 5.26 Å². The molecule has 0 aromatic heterocycles. The quantitative estimate of drug-likeness (QED) is 0.580. The maximum Gasteiger partial charge on any atom is 0.235 e. The molecule has 4 unspecified atom stereocenters. The number of fused-ring (bicyclic) bond motifs is 2. The Labute approximate surface area is 109 Å². The van der Waals surface area contributed by atoms with E-state index in [9.17, 15) is 9.46 Å². The first-order valence-corrected chi connectivity index (χ1v) is 8.12. The third-order valence-corrected chi connectivity index (χ3v) is 5.06. The van der Waals surface area contributed by atoms with Crippen molar-refractivity contribution in [2.45, 2.75) is 39.2 Å². The van der Waals surface area contributed by atoms with Crippen LogP contribution in [0.3, 0.4) is 0 Å². The van der Waals surface area contributed by atoms with Gasteiger partial charge < -0.3 is 13.9 Å². The molecule has 1 saturated carbocycles. The van der Waals surface area contributed by atoms with Gasteiger partial charge in [0.1, 0.15) is 5.81 Å². The molecule has 1 aliphatic carbocycles. The standard InChI is InChI=1S/C9H18N.C3H6NO3P/c1-3-10(2)7-8-4-5-9(10)6-8;1-2-7-8(5,6)3-4/h8-9H,3-7H2,1-2H3;2H2,1H3,(H,5,6)/q+1;/p-1. The minimum absolute atomic E-state index is 0.0222. The highest BCUT2D eigenvalue weighted by Gasteiger charge is 2.47. The fraction of sp³-hybridized carbons (Fsp3) is 0.917. The lowest BCUT2D eigenvalue weighted by Gasteiger charge is -2.37. The third-order valence-electron chi connectivity index (χ3n) is 4.21. The number of quaternary nitrogens is 1. The fourth-order valence-corrected chi connectivity index (χ4v) is 3.50. The van der Waals surface area contributed by atoms with Crippen LogP contribution in [0.2, 0.25) is 0 Å². The summed E-state index contributed by atoms with van der Waals surface area (Å²) in [4.78, 5) is 10.0. The molecule has 104 valence electrons. The van der Waals surface area contributed by atoms with E-state index in [4.69, 9.17) is 5.26 Å². The number of hydrogen-bond donors (Lipinski definition) is 0. The van der Waals surface area contributed by atoms with Crippen LogP contribution in [0.1, 0.15) is 33.1 Å². The Bertz CT molecular complexity index is 369. The van der Waals surface area contributed by atoms with Gasteiger partial charge in [0.05, 0.1) is 32.8 Å². The summed E-state index contributed by atoms with van der Waals surface area (Å²) in [7, 11) is -1.68. The number of hydrogen-bond acceptors (Lipinski definition) is 4. The molecule has 2 bridgehead atoms. The summed E-state index contributed by atoms with van der Waals surface area (Å²) in [5.74, 6) is 2.11. The molecule has 4 atom stereocenters. The van der Waals surface area contributed by atoms with E-state index in [-0.39, 0.29) is 6.61 Å². The van der Waals surface area contributed by atoms with E-state index in [0.717, 1.165) is 17.8 Å². The van der Waals surface area contributed by atoms with Crippen molar-refractivity contribution in [2.24, 2.45) is 5.92 Å². The van der Waals surface area contributed by atoms with Gasteiger partial charge >= 0.3 is 0 Å². The summed E-state index contributed by atoms with van der Waals surface area (Å²) in [6.45, 7) is 6.68. The van der Waals surface area contributed by atoms with E-state index in [2.05, 4.69) is 18.5 Å². The van der Waals surface area contributed by atoms with Crippen LogP contribution in [0.5, 0.6) is 0 Å². The number of nitriles is 1. The summed E-state index contributed by atoms with van der Waals surface area (Å²) in [6.07, 6.45) is 4.57. The molecule has 1 heterocycles. The maximum atomic E-state index is 10.0. The largest absolute Gasteiger partial charge is 0.767 e. The molecule has 1 saturated heterocycles. The lowest BCUT2D eigenvalue weighted by molar-refractivity contribution is -0.924. The van der Waals surface area contributed by atoms with Crippen molar-refractivity contribution >= 4 is 7.60 Å². The molecule has 0 aromatic rings. The highest BCUT2D eigenvalue weighted by Crippen LogP contribution is 2.41. The van der Waals surface area contributed by atoms with Crippen molar-refractivity contribution in [3.8, 4) is 5.81 Å². The lowest BCUT2D eigenvalue weighted by atomic mass is 10.1. The number of rotatable bonds is 3. The molecule has 0 radical (unpaired) electrons. The van der Waals surface area contributed by atoms with Crippen LogP contribution < -0.4 is 4.89 Å². The highest BCUT2D eigenvalue weighted by atomic mass is 31.2. The summed E-state index contributed by atoms with van der Waals surface area (Å²) in [5, 5.41) is 7.77. The zero-order chi connectivity index (χ0) is 13.8. The monoisotopic (exact) mass is 274 g/mol. The average Bonchev–Trinajstić information content (AvgIpc) is 2.90. The summed E-state index contributed by atoms with van der Waals surface area (Å²) < 4.78 is 15.4. The molecule has 18 heavy (non-hydrogen) atoms. The number of nitrogens with zero attached hydrogens (tertiary/aromatic N) is 2. The van der Waals surface area contributed by atoms with Crippen molar-refractivity contribution in [2.75, 3.05) is 26.7 Å². The van der Waals surface area contributed by atoms with Crippen LogP contribution in [-0.4, -0.2) is 37.3 Å². The molecule has 5 nitrogen and oxygen atoms in total. The molecule has 2 fully saturated rings. The normalized spacial score (nSPS) is 36.4. The Morgan fingerprint density at radius 1 is 1.50 bits per heavy atom. The Kier molecular flexibility index (Phi) is 5.36. The Balaban J connectivity index is 0.000000187. The van der Waals surface area contributed by atoms with Crippen molar-refractivity contribution < 1.29 is 18.5 Å². The van der Waals surface area contributed by atoms with Gasteiger partial charge in [-0.2, -0.15) is 5.26 Å². The molecule has 0 amide bonds. The SMILES string of the molecule is CCOP(=O)([O-])C#N.CC[N+]1(C)CC2CCC1C2. The van der Waals surface area contributed by atoms with Gasteiger partial charge in [0, 0.05) is 12.3 Å². The molecular formula is C12H23N2O3P. The van der Waals surface area contributed by atoms with Crippen molar-refractivity contribution in [3.63, 3.8) is 0 Å². The predicted octanol–water partition coefficient (Wildman–Crippen LogP) is 1.69. The second kappa shape index (κ2) is 6.16. The minimum atomic E-state index is -4.12. The van der Waals surface area contributed by atoms with Gasteiger partial charge in [-0.3, -0.25) is 4.57 Å². The number of piperidine rings is 1.